The van der Waals surface area contributed by atoms with Gasteiger partial charge in [-0.2, -0.15) is 0 Å². The number of nitrogens with zero attached hydrogens (tertiary/aromatic N) is 1. The van der Waals surface area contributed by atoms with E-state index in [1.54, 1.807) is 24.3 Å². The Bertz CT molecular complexity index is 1070. The van der Waals surface area contributed by atoms with Crippen LogP contribution in [-0.2, 0) is 9.59 Å². The number of rotatable bonds is 7. The molecule has 0 saturated carbocycles. The van der Waals surface area contributed by atoms with Gasteiger partial charge in [0, 0.05) is 13.1 Å². The van der Waals surface area contributed by atoms with Gasteiger partial charge in [0.1, 0.15) is 5.75 Å². The molecular formula is C24H21FN2O4. The predicted molar refractivity (Wildman–Crippen MR) is 114 cm³/mol. The van der Waals surface area contributed by atoms with E-state index < -0.39 is 5.82 Å². The molecule has 1 fully saturated rings. The molecule has 6 nitrogen and oxygen atoms in total. The average Bonchev–Trinajstić information content (AvgIpc) is 2.74. The molecule has 0 bridgehead atoms. The van der Waals surface area contributed by atoms with E-state index in [0.29, 0.717) is 17.2 Å². The summed E-state index contributed by atoms with van der Waals surface area (Å²) in [5, 5.41) is 2.87. The second-order valence-electron chi connectivity index (χ2n) is 7.12. The largest absolute Gasteiger partial charge is 0.481 e. The minimum Gasteiger partial charge on any atom is -0.481 e. The van der Waals surface area contributed by atoms with Crippen molar-refractivity contribution in [3.05, 3.63) is 84.7 Å². The van der Waals surface area contributed by atoms with Crippen molar-refractivity contribution in [3.8, 4) is 17.2 Å². The van der Waals surface area contributed by atoms with Gasteiger partial charge in [0.15, 0.2) is 23.9 Å². The Hall–Kier alpha value is -3.87. The van der Waals surface area contributed by atoms with Gasteiger partial charge in [-0.3, -0.25) is 9.59 Å². The molecule has 3 aromatic rings. The number of ether oxygens (including phenoxy) is 2. The molecular weight excluding hydrogens is 399 g/mol. The molecule has 31 heavy (non-hydrogen) atoms. The number of carbonyl (C=O) groups excluding carboxylic acids is 2. The van der Waals surface area contributed by atoms with E-state index in [1.165, 1.54) is 17.0 Å². The summed E-state index contributed by atoms with van der Waals surface area (Å²) in [4.78, 5) is 26.3. The highest BCUT2D eigenvalue weighted by Gasteiger charge is 2.36. The Morgan fingerprint density at radius 3 is 2.29 bits per heavy atom. The molecule has 2 amide bonds. The molecule has 0 aromatic heterocycles. The number of halogens is 1. The van der Waals surface area contributed by atoms with Gasteiger partial charge in [-0.15, -0.1) is 0 Å². The van der Waals surface area contributed by atoms with Gasteiger partial charge in [-0.25, -0.2) is 4.39 Å². The highest BCUT2D eigenvalue weighted by atomic mass is 19.1. The number of benzene rings is 3. The SMILES string of the molecule is O=C(Nc1ccccc1Oc1ccccc1)C1CN(C(=O)COc2ccccc2F)C1. The lowest BCUT2D eigenvalue weighted by Gasteiger charge is -2.38. The van der Waals surface area contributed by atoms with Crippen LogP contribution in [0.5, 0.6) is 17.2 Å². The van der Waals surface area contributed by atoms with Crippen LogP contribution in [0.25, 0.3) is 0 Å². The van der Waals surface area contributed by atoms with Gasteiger partial charge in [-0.1, -0.05) is 42.5 Å². The first-order chi connectivity index (χ1) is 15.1. The Morgan fingerprint density at radius 1 is 0.903 bits per heavy atom. The quantitative estimate of drug-likeness (QED) is 0.625. The fraction of sp³-hybridized carbons (Fsp3) is 0.167. The van der Waals surface area contributed by atoms with Crippen molar-refractivity contribution in [1.82, 2.24) is 4.90 Å². The zero-order valence-electron chi connectivity index (χ0n) is 16.7. The number of amides is 2. The number of likely N-dealkylation sites (tertiary alicyclic amines) is 1. The second-order valence-corrected chi connectivity index (χ2v) is 7.12. The van der Waals surface area contributed by atoms with E-state index in [2.05, 4.69) is 5.32 Å². The van der Waals surface area contributed by atoms with E-state index in [1.807, 2.05) is 42.5 Å². The van der Waals surface area contributed by atoms with Crippen molar-refractivity contribution >= 4 is 17.5 Å². The molecule has 0 atom stereocenters. The standard InChI is InChI=1S/C24H21FN2O4/c25-19-10-4-6-12-21(19)30-16-23(28)27-14-17(15-27)24(29)26-20-11-5-7-13-22(20)31-18-8-2-1-3-9-18/h1-13,17H,14-16H2,(H,26,29). The van der Waals surface area contributed by atoms with Crippen molar-refractivity contribution in [2.45, 2.75) is 0 Å². The van der Waals surface area contributed by atoms with E-state index in [-0.39, 0.29) is 43.2 Å². The lowest BCUT2D eigenvalue weighted by molar-refractivity contribution is -0.143. The Labute approximate surface area is 179 Å². The predicted octanol–water partition coefficient (Wildman–Crippen LogP) is 4.09. The maximum atomic E-state index is 13.6. The van der Waals surface area contributed by atoms with Gasteiger partial charge in [-0.05, 0) is 36.4 Å². The third kappa shape index (κ3) is 5.01. The Balaban J connectivity index is 1.28. The van der Waals surface area contributed by atoms with Crippen LogP contribution in [0.1, 0.15) is 0 Å². The summed E-state index contributed by atoms with van der Waals surface area (Å²) in [6, 6.07) is 22.4. The fourth-order valence-electron chi connectivity index (χ4n) is 3.15. The second kappa shape index (κ2) is 9.30. The molecule has 0 radical (unpaired) electrons. The number of para-hydroxylation sites is 4. The molecule has 1 aliphatic heterocycles. The summed E-state index contributed by atoms with van der Waals surface area (Å²) in [6.07, 6.45) is 0. The summed E-state index contributed by atoms with van der Waals surface area (Å²) in [6.45, 7) is 0.295. The van der Waals surface area contributed by atoms with Crippen LogP contribution in [0.3, 0.4) is 0 Å². The molecule has 0 unspecified atom stereocenters. The minimum atomic E-state index is -0.521. The molecule has 0 aliphatic carbocycles. The summed E-state index contributed by atoms with van der Waals surface area (Å²) < 4.78 is 24.7. The zero-order chi connectivity index (χ0) is 21.6. The topological polar surface area (TPSA) is 67.9 Å². The lowest BCUT2D eigenvalue weighted by Crippen LogP contribution is -2.55. The highest BCUT2D eigenvalue weighted by molar-refractivity contribution is 5.96. The van der Waals surface area contributed by atoms with Crippen LogP contribution >= 0.6 is 0 Å². The average molecular weight is 420 g/mol. The highest BCUT2D eigenvalue weighted by Crippen LogP contribution is 2.30. The maximum absolute atomic E-state index is 13.6. The molecule has 1 N–H and O–H groups in total. The monoisotopic (exact) mass is 420 g/mol. The first-order valence-electron chi connectivity index (χ1n) is 9.88. The van der Waals surface area contributed by atoms with Crippen LogP contribution < -0.4 is 14.8 Å². The summed E-state index contributed by atoms with van der Waals surface area (Å²) in [7, 11) is 0. The van der Waals surface area contributed by atoms with Crippen molar-refractivity contribution in [2.75, 3.05) is 25.0 Å². The van der Waals surface area contributed by atoms with Crippen LogP contribution in [-0.4, -0.2) is 36.4 Å². The normalized spacial score (nSPS) is 13.3. The van der Waals surface area contributed by atoms with E-state index in [0.717, 1.165) is 0 Å². The number of hydrogen-bond donors (Lipinski definition) is 1. The third-order valence-corrected chi connectivity index (χ3v) is 4.91. The smallest absolute Gasteiger partial charge is 0.260 e. The van der Waals surface area contributed by atoms with Crippen molar-refractivity contribution in [2.24, 2.45) is 5.92 Å². The van der Waals surface area contributed by atoms with E-state index in [4.69, 9.17) is 9.47 Å². The van der Waals surface area contributed by atoms with Crippen LogP contribution in [0.4, 0.5) is 10.1 Å². The third-order valence-electron chi connectivity index (χ3n) is 4.91. The van der Waals surface area contributed by atoms with Crippen LogP contribution in [0.15, 0.2) is 78.9 Å². The van der Waals surface area contributed by atoms with Crippen molar-refractivity contribution in [1.29, 1.82) is 0 Å². The van der Waals surface area contributed by atoms with Gasteiger partial charge in [0.2, 0.25) is 5.91 Å². The van der Waals surface area contributed by atoms with Gasteiger partial charge >= 0.3 is 0 Å². The lowest BCUT2D eigenvalue weighted by atomic mass is 9.99. The zero-order valence-corrected chi connectivity index (χ0v) is 16.7. The molecule has 158 valence electrons. The van der Waals surface area contributed by atoms with Crippen molar-refractivity contribution < 1.29 is 23.5 Å². The summed E-state index contributed by atoms with van der Waals surface area (Å²) >= 11 is 0. The fourth-order valence-corrected chi connectivity index (χ4v) is 3.15. The minimum absolute atomic E-state index is 0.0284. The maximum Gasteiger partial charge on any atom is 0.260 e. The first kappa shape index (κ1) is 20.4. The number of nitrogens with one attached hydrogen (secondary N) is 1. The van der Waals surface area contributed by atoms with E-state index in [9.17, 15) is 14.0 Å². The molecule has 4 rings (SSSR count). The van der Waals surface area contributed by atoms with Crippen LogP contribution in [0, 0.1) is 11.7 Å². The molecule has 1 saturated heterocycles. The summed E-state index contributed by atoms with van der Waals surface area (Å²) in [5.41, 5.74) is 0.559. The number of anilines is 1. The summed E-state index contributed by atoms with van der Waals surface area (Å²) in [5.74, 6) is -0.106. The Kier molecular flexibility index (Phi) is 6.12. The first-order valence-corrected chi connectivity index (χ1v) is 9.88. The van der Waals surface area contributed by atoms with E-state index >= 15 is 0 Å². The molecule has 1 heterocycles. The van der Waals surface area contributed by atoms with Crippen LogP contribution in [0.2, 0.25) is 0 Å². The molecule has 3 aromatic carbocycles. The molecule has 1 aliphatic rings. The van der Waals surface area contributed by atoms with Gasteiger partial charge < -0.3 is 19.7 Å². The van der Waals surface area contributed by atoms with Gasteiger partial charge in [0.25, 0.3) is 5.91 Å². The molecule has 0 spiro atoms. The Morgan fingerprint density at radius 2 is 1.55 bits per heavy atom. The van der Waals surface area contributed by atoms with Crippen molar-refractivity contribution in [3.63, 3.8) is 0 Å². The molecule has 7 heteroatoms. The van der Waals surface area contributed by atoms with Gasteiger partial charge in [0.05, 0.1) is 11.6 Å². The number of carbonyl (C=O) groups is 2. The number of hydrogen-bond acceptors (Lipinski definition) is 4.